The van der Waals surface area contributed by atoms with Crippen LogP contribution in [-0.4, -0.2) is 5.11 Å². The summed E-state index contributed by atoms with van der Waals surface area (Å²) >= 11 is 9.16. The van der Waals surface area contributed by atoms with E-state index in [2.05, 4.69) is 15.9 Å². The third-order valence-electron chi connectivity index (χ3n) is 1.78. The molecular formula is C11H12BrClO. The van der Waals surface area contributed by atoms with E-state index in [4.69, 9.17) is 11.6 Å². The maximum absolute atomic E-state index is 9.77. The minimum Gasteiger partial charge on any atom is -0.384 e. The molecule has 1 aromatic rings. The van der Waals surface area contributed by atoms with E-state index < -0.39 is 6.10 Å². The molecule has 1 atom stereocenters. The lowest BCUT2D eigenvalue weighted by Gasteiger charge is -2.08. The summed E-state index contributed by atoms with van der Waals surface area (Å²) in [6, 6.07) is 5.41. The molecule has 1 nitrogen and oxygen atoms in total. The maximum atomic E-state index is 9.77. The molecule has 3 heteroatoms. The topological polar surface area (TPSA) is 20.2 Å². The van der Waals surface area contributed by atoms with Crippen molar-refractivity contribution >= 4 is 27.5 Å². The normalized spacial score (nSPS) is 12.4. The van der Waals surface area contributed by atoms with Gasteiger partial charge in [0.15, 0.2) is 0 Å². The fraction of sp³-hybridized carbons (Fsp3) is 0.273. The Morgan fingerprint density at radius 3 is 2.64 bits per heavy atom. The van der Waals surface area contributed by atoms with E-state index in [0.717, 1.165) is 15.6 Å². The standard InChI is InChI=1S/C11H12BrClO/c1-7(2)5-11(14)8-3-4-10(13)9(12)6-8/h3-6,11,14H,1-2H3. The highest BCUT2D eigenvalue weighted by Crippen LogP contribution is 2.26. The van der Waals surface area contributed by atoms with Crippen molar-refractivity contribution in [1.82, 2.24) is 0 Å². The number of hydrogen-bond acceptors (Lipinski definition) is 1. The molecule has 14 heavy (non-hydrogen) atoms. The van der Waals surface area contributed by atoms with Crippen molar-refractivity contribution in [2.24, 2.45) is 0 Å². The molecule has 0 bridgehead atoms. The van der Waals surface area contributed by atoms with Crippen LogP contribution in [0.2, 0.25) is 5.02 Å². The lowest BCUT2D eigenvalue weighted by Crippen LogP contribution is -1.93. The Hall–Kier alpha value is -0.310. The molecule has 0 radical (unpaired) electrons. The molecule has 0 amide bonds. The monoisotopic (exact) mass is 274 g/mol. The lowest BCUT2D eigenvalue weighted by molar-refractivity contribution is 0.227. The van der Waals surface area contributed by atoms with Crippen LogP contribution in [0.15, 0.2) is 34.3 Å². The first-order valence-corrected chi connectivity index (χ1v) is 5.46. The molecule has 0 heterocycles. The van der Waals surface area contributed by atoms with Crippen LogP contribution in [0.3, 0.4) is 0 Å². The largest absolute Gasteiger partial charge is 0.384 e. The zero-order valence-electron chi connectivity index (χ0n) is 8.09. The first kappa shape index (κ1) is 11.8. The zero-order valence-corrected chi connectivity index (χ0v) is 10.4. The van der Waals surface area contributed by atoms with Gasteiger partial charge in [-0.2, -0.15) is 0 Å². The molecule has 76 valence electrons. The highest BCUT2D eigenvalue weighted by Gasteiger charge is 2.05. The Kier molecular flexibility index (Phi) is 4.17. The molecule has 0 aromatic heterocycles. The molecule has 0 saturated carbocycles. The van der Waals surface area contributed by atoms with E-state index in [1.54, 1.807) is 12.1 Å². The van der Waals surface area contributed by atoms with Crippen LogP contribution in [-0.2, 0) is 0 Å². The quantitative estimate of drug-likeness (QED) is 0.806. The van der Waals surface area contributed by atoms with E-state index in [0.29, 0.717) is 5.02 Å². The van der Waals surface area contributed by atoms with Crippen molar-refractivity contribution in [2.75, 3.05) is 0 Å². The molecule has 1 rings (SSSR count). The molecule has 1 N–H and O–H groups in total. The van der Waals surface area contributed by atoms with E-state index in [1.807, 2.05) is 26.0 Å². The summed E-state index contributed by atoms with van der Waals surface area (Å²) in [5.41, 5.74) is 1.92. The van der Waals surface area contributed by atoms with E-state index in [1.165, 1.54) is 0 Å². The second-order valence-corrected chi connectivity index (χ2v) is 4.62. The Morgan fingerprint density at radius 1 is 1.50 bits per heavy atom. The van der Waals surface area contributed by atoms with Gasteiger partial charge in [-0.15, -0.1) is 0 Å². The van der Waals surface area contributed by atoms with Crippen molar-refractivity contribution in [1.29, 1.82) is 0 Å². The third-order valence-corrected chi connectivity index (χ3v) is 2.99. The number of benzene rings is 1. The van der Waals surface area contributed by atoms with Gasteiger partial charge < -0.3 is 5.11 Å². The van der Waals surface area contributed by atoms with Gasteiger partial charge in [-0.1, -0.05) is 29.3 Å². The second kappa shape index (κ2) is 4.96. The van der Waals surface area contributed by atoms with Gasteiger partial charge in [0.1, 0.15) is 0 Å². The summed E-state index contributed by atoms with van der Waals surface area (Å²) in [5.74, 6) is 0. The van der Waals surface area contributed by atoms with E-state index in [9.17, 15) is 5.11 Å². The summed E-state index contributed by atoms with van der Waals surface area (Å²) in [6.45, 7) is 3.91. The Bertz CT molecular complexity index is 356. The van der Waals surface area contributed by atoms with Crippen molar-refractivity contribution < 1.29 is 5.11 Å². The SMILES string of the molecule is CC(C)=CC(O)c1ccc(Cl)c(Br)c1. The molecule has 1 unspecified atom stereocenters. The minimum absolute atomic E-state index is 0.562. The van der Waals surface area contributed by atoms with Gasteiger partial charge >= 0.3 is 0 Å². The number of hydrogen-bond donors (Lipinski definition) is 1. The Balaban J connectivity index is 2.97. The average Bonchev–Trinajstić information content (AvgIpc) is 2.08. The van der Waals surface area contributed by atoms with Gasteiger partial charge in [-0.3, -0.25) is 0 Å². The van der Waals surface area contributed by atoms with Crippen LogP contribution in [0.25, 0.3) is 0 Å². The number of aliphatic hydroxyl groups excluding tert-OH is 1. The zero-order chi connectivity index (χ0) is 10.7. The van der Waals surface area contributed by atoms with Gasteiger partial charge in [0.25, 0.3) is 0 Å². The van der Waals surface area contributed by atoms with Crippen LogP contribution >= 0.6 is 27.5 Å². The van der Waals surface area contributed by atoms with Gasteiger partial charge in [0.05, 0.1) is 11.1 Å². The predicted molar refractivity (Wildman–Crippen MR) is 63.5 cm³/mol. The Morgan fingerprint density at radius 2 is 2.14 bits per heavy atom. The van der Waals surface area contributed by atoms with Gasteiger partial charge in [0, 0.05) is 4.47 Å². The van der Waals surface area contributed by atoms with Crippen LogP contribution in [0.4, 0.5) is 0 Å². The summed E-state index contributed by atoms with van der Waals surface area (Å²) in [5, 5.41) is 10.4. The van der Waals surface area contributed by atoms with Crippen molar-refractivity contribution in [3.05, 3.63) is 44.9 Å². The summed E-state index contributed by atoms with van der Waals surface area (Å²) in [7, 11) is 0. The first-order valence-electron chi connectivity index (χ1n) is 4.28. The molecule has 0 spiro atoms. The predicted octanol–water partition coefficient (Wildman–Crippen LogP) is 4.10. The molecular weight excluding hydrogens is 263 g/mol. The average molecular weight is 276 g/mol. The maximum Gasteiger partial charge on any atom is 0.0974 e. The van der Waals surface area contributed by atoms with Gasteiger partial charge in [-0.25, -0.2) is 0 Å². The van der Waals surface area contributed by atoms with Crippen molar-refractivity contribution in [2.45, 2.75) is 20.0 Å². The first-order chi connectivity index (χ1) is 6.50. The van der Waals surface area contributed by atoms with E-state index >= 15 is 0 Å². The molecule has 0 aliphatic carbocycles. The number of halogens is 2. The van der Waals surface area contributed by atoms with Crippen molar-refractivity contribution in [3.8, 4) is 0 Å². The number of aliphatic hydroxyl groups is 1. The third kappa shape index (κ3) is 3.12. The molecule has 0 aliphatic rings. The lowest BCUT2D eigenvalue weighted by atomic mass is 10.1. The van der Waals surface area contributed by atoms with Crippen LogP contribution in [0.1, 0.15) is 25.5 Å². The fourth-order valence-corrected chi connectivity index (χ4v) is 1.62. The number of rotatable bonds is 2. The van der Waals surface area contributed by atoms with E-state index in [-0.39, 0.29) is 0 Å². The van der Waals surface area contributed by atoms with Crippen LogP contribution in [0, 0.1) is 0 Å². The van der Waals surface area contributed by atoms with Crippen LogP contribution in [0.5, 0.6) is 0 Å². The van der Waals surface area contributed by atoms with Crippen LogP contribution < -0.4 is 0 Å². The number of allylic oxidation sites excluding steroid dienone is 1. The summed E-state index contributed by atoms with van der Waals surface area (Å²) in [6.07, 6.45) is 1.24. The van der Waals surface area contributed by atoms with Crippen molar-refractivity contribution in [3.63, 3.8) is 0 Å². The highest BCUT2D eigenvalue weighted by atomic mass is 79.9. The molecule has 0 saturated heterocycles. The Labute approximate surface area is 97.5 Å². The molecule has 0 aliphatic heterocycles. The van der Waals surface area contributed by atoms with Gasteiger partial charge in [0.2, 0.25) is 0 Å². The fourth-order valence-electron chi connectivity index (χ4n) is 1.11. The second-order valence-electron chi connectivity index (χ2n) is 3.36. The highest BCUT2D eigenvalue weighted by molar-refractivity contribution is 9.10. The smallest absolute Gasteiger partial charge is 0.0974 e. The summed E-state index contributed by atoms with van der Waals surface area (Å²) in [4.78, 5) is 0. The summed E-state index contributed by atoms with van der Waals surface area (Å²) < 4.78 is 0.804. The minimum atomic E-state index is -0.562. The molecule has 1 aromatic carbocycles. The van der Waals surface area contributed by atoms with Gasteiger partial charge in [-0.05, 0) is 47.5 Å². The molecule has 0 fully saturated rings.